The van der Waals surface area contributed by atoms with Gasteiger partial charge in [-0.25, -0.2) is 28.3 Å². The molecule has 6 rings (SSSR count). The van der Waals surface area contributed by atoms with Gasteiger partial charge in [0.25, 0.3) is 5.56 Å². The zero-order valence-corrected chi connectivity index (χ0v) is 21.8. The Balaban J connectivity index is 1.19. The van der Waals surface area contributed by atoms with Crippen LogP contribution in [-0.2, 0) is 23.1 Å². The van der Waals surface area contributed by atoms with E-state index in [4.69, 9.17) is 30.0 Å². The van der Waals surface area contributed by atoms with Crippen LogP contribution in [0.3, 0.4) is 0 Å². The van der Waals surface area contributed by atoms with E-state index in [0.717, 1.165) is 21.9 Å². The summed E-state index contributed by atoms with van der Waals surface area (Å²) < 4.78 is 66.0. The van der Waals surface area contributed by atoms with Crippen molar-refractivity contribution in [1.29, 1.82) is 0 Å². The van der Waals surface area contributed by atoms with Crippen LogP contribution in [0.5, 0.6) is 0 Å². The molecule has 2 aliphatic heterocycles. The molecule has 0 spiro atoms. The van der Waals surface area contributed by atoms with Gasteiger partial charge in [0.15, 0.2) is 52.9 Å². The number of alkyl halides is 2. The summed E-state index contributed by atoms with van der Waals surface area (Å²) in [7, 11) is -5.19. The summed E-state index contributed by atoms with van der Waals surface area (Å²) in [6, 6.07) is 0. The number of nitrogen functional groups attached to an aromatic ring is 2. The zero-order valence-electron chi connectivity index (χ0n) is 20.9. The van der Waals surface area contributed by atoms with Gasteiger partial charge in [0.2, 0.25) is 5.95 Å². The largest absolute Gasteiger partial charge is 0.472 e. The first-order chi connectivity index (χ1) is 20.0. The van der Waals surface area contributed by atoms with E-state index in [1.165, 1.54) is 0 Å². The van der Waals surface area contributed by atoms with E-state index >= 15 is 8.78 Å². The number of phosphoric acid groups is 1. The van der Waals surface area contributed by atoms with Crippen LogP contribution in [0, 0.1) is 0 Å². The lowest BCUT2D eigenvalue weighted by molar-refractivity contribution is -0.0622. The van der Waals surface area contributed by atoms with Gasteiger partial charge in [-0.15, -0.1) is 5.10 Å². The summed E-state index contributed by atoms with van der Waals surface area (Å²) >= 11 is 0. The SMILES string of the molecule is Nc1nc2c(ncn2[C@@H]2O[C@H](CO)[C@@H](F)[C@H]2OP(=O)(O)OC[C@H]2O[C@@H](n3nnc4c(N)ncnc43)[C@@H](F)[C@@H]2O)c(=O)[nH]1. The van der Waals surface area contributed by atoms with Crippen molar-refractivity contribution in [2.24, 2.45) is 0 Å². The highest BCUT2D eigenvalue weighted by Gasteiger charge is 2.52. The molecule has 0 saturated carbocycles. The third-order valence-corrected chi connectivity index (χ3v) is 7.64. The van der Waals surface area contributed by atoms with Gasteiger partial charge in [0, 0.05) is 0 Å². The van der Waals surface area contributed by atoms with Gasteiger partial charge in [-0.3, -0.25) is 23.4 Å². The van der Waals surface area contributed by atoms with Crippen molar-refractivity contribution in [2.45, 2.75) is 49.2 Å². The third kappa shape index (κ3) is 4.76. The molecule has 2 fully saturated rings. The number of aromatic amines is 1. The molecule has 4 aromatic heterocycles. The number of H-pyrrole nitrogens is 1. The van der Waals surface area contributed by atoms with Crippen molar-refractivity contribution in [3.05, 3.63) is 23.0 Å². The van der Waals surface area contributed by atoms with Crippen LogP contribution in [-0.4, -0.2) is 110 Å². The number of aromatic nitrogens is 9. The third-order valence-electron chi connectivity index (χ3n) is 6.65. The molecular formula is C19H22F2N11O9P. The van der Waals surface area contributed by atoms with Crippen molar-refractivity contribution in [2.75, 3.05) is 24.7 Å². The lowest BCUT2D eigenvalue weighted by Gasteiger charge is -2.24. The van der Waals surface area contributed by atoms with Gasteiger partial charge in [0.05, 0.1) is 19.5 Å². The minimum absolute atomic E-state index is 0.00467. The van der Waals surface area contributed by atoms with Gasteiger partial charge in [-0.2, -0.15) is 9.67 Å². The fourth-order valence-corrected chi connectivity index (χ4v) is 5.58. The molecule has 1 unspecified atom stereocenters. The Morgan fingerprint density at radius 1 is 1.10 bits per heavy atom. The molecule has 0 radical (unpaired) electrons. The predicted octanol–water partition coefficient (Wildman–Crippen LogP) is -2.15. The Kier molecular flexibility index (Phi) is 7.09. The number of ether oxygens (including phenoxy) is 2. The molecule has 4 aromatic rings. The number of phosphoric ester groups is 1. The summed E-state index contributed by atoms with van der Waals surface area (Å²) in [5.41, 5.74) is 10.3. The number of fused-ring (bicyclic) bond motifs is 2. The predicted molar refractivity (Wildman–Crippen MR) is 131 cm³/mol. The number of aliphatic hydroxyl groups excluding tert-OH is 2. The van der Waals surface area contributed by atoms with Crippen molar-refractivity contribution in [3.63, 3.8) is 0 Å². The maximum Gasteiger partial charge on any atom is 0.472 e. The average molecular weight is 617 g/mol. The van der Waals surface area contributed by atoms with Crippen molar-refractivity contribution in [1.82, 2.24) is 44.5 Å². The second-order valence-electron chi connectivity index (χ2n) is 9.27. The Labute approximate surface area is 230 Å². The quantitative estimate of drug-likeness (QED) is 0.115. The van der Waals surface area contributed by atoms with E-state index in [-0.39, 0.29) is 34.1 Å². The van der Waals surface area contributed by atoms with E-state index in [2.05, 4.69) is 35.2 Å². The summed E-state index contributed by atoms with van der Waals surface area (Å²) in [5, 5.41) is 27.4. The molecule has 226 valence electrons. The Hall–Kier alpha value is -3.76. The first-order valence-electron chi connectivity index (χ1n) is 12.1. The normalized spacial score (nSPS) is 31.3. The highest BCUT2D eigenvalue weighted by Crippen LogP contribution is 2.50. The highest BCUT2D eigenvalue weighted by molar-refractivity contribution is 7.47. The number of hydrogen-bond donors (Lipinski definition) is 6. The van der Waals surface area contributed by atoms with Crippen LogP contribution in [0.4, 0.5) is 20.5 Å². The van der Waals surface area contributed by atoms with Crippen LogP contribution >= 0.6 is 7.82 Å². The molecule has 8 N–H and O–H groups in total. The molecule has 23 heteroatoms. The second-order valence-corrected chi connectivity index (χ2v) is 10.7. The number of halogens is 2. The molecule has 2 aliphatic rings. The van der Waals surface area contributed by atoms with E-state index in [9.17, 15) is 24.5 Å². The molecule has 0 aromatic carbocycles. The number of anilines is 2. The van der Waals surface area contributed by atoms with E-state index < -0.39 is 75.8 Å². The fourth-order valence-electron chi connectivity index (χ4n) is 4.65. The molecule has 0 amide bonds. The molecule has 42 heavy (non-hydrogen) atoms. The smallest absolute Gasteiger partial charge is 0.394 e. The topological polar surface area (TPSA) is 287 Å². The molecule has 0 bridgehead atoms. The fraction of sp³-hybridized carbons (Fsp3) is 0.526. The average Bonchev–Trinajstić information content (AvgIpc) is 3.69. The number of aliphatic hydroxyl groups is 2. The summed E-state index contributed by atoms with van der Waals surface area (Å²) in [5.74, 6) is -0.331. The molecule has 6 heterocycles. The lowest BCUT2D eigenvalue weighted by Crippen LogP contribution is -2.33. The van der Waals surface area contributed by atoms with E-state index in [0.29, 0.717) is 0 Å². The zero-order chi connectivity index (χ0) is 29.9. The Bertz CT molecular complexity index is 1740. The Morgan fingerprint density at radius 2 is 1.86 bits per heavy atom. The minimum atomic E-state index is -5.19. The number of rotatable bonds is 8. The van der Waals surface area contributed by atoms with Gasteiger partial charge in [-0.05, 0) is 0 Å². The summed E-state index contributed by atoms with van der Waals surface area (Å²) in [6.07, 6.45) is -12.1. The Morgan fingerprint density at radius 3 is 2.62 bits per heavy atom. The van der Waals surface area contributed by atoms with E-state index in [1.807, 2.05) is 0 Å². The number of nitrogens with one attached hydrogen (secondary N) is 1. The van der Waals surface area contributed by atoms with Crippen molar-refractivity contribution in [3.8, 4) is 0 Å². The van der Waals surface area contributed by atoms with Crippen LogP contribution in [0.25, 0.3) is 22.3 Å². The molecular weight excluding hydrogens is 595 g/mol. The van der Waals surface area contributed by atoms with Gasteiger partial charge in [-0.1, -0.05) is 5.21 Å². The summed E-state index contributed by atoms with van der Waals surface area (Å²) in [4.78, 5) is 40.3. The van der Waals surface area contributed by atoms with Gasteiger partial charge >= 0.3 is 7.82 Å². The molecule has 9 atom stereocenters. The van der Waals surface area contributed by atoms with Gasteiger partial charge < -0.3 is 36.0 Å². The number of imidazole rings is 1. The lowest BCUT2D eigenvalue weighted by atomic mass is 10.1. The monoisotopic (exact) mass is 617 g/mol. The second kappa shape index (κ2) is 10.5. The maximum atomic E-state index is 15.2. The molecule has 0 aliphatic carbocycles. The van der Waals surface area contributed by atoms with Crippen LogP contribution < -0.4 is 17.0 Å². The standard InChI is InChI=1S/C19H22F2N11O9P/c20-7-5(1-33)39-18(31-4-26-10-15(31)27-19(23)28-16(10)35)12(7)41-42(36,37)38-2-6-11(34)8(21)17(40-6)32-14-9(29-30-32)13(22)24-3-25-14/h3-8,11-12,17-18,33-34H,1-2H2,(H,36,37)(H2,22,24,25)(H3,23,27,28,35)/t5-,6-,7-,8+,11-,12-,17-,18-/m1/s1. The first kappa shape index (κ1) is 28.4. The summed E-state index contributed by atoms with van der Waals surface area (Å²) in [6.45, 7) is -1.73. The van der Waals surface area contributed by atoms with Crippen LogP contribution in [0.1, 0.15) is 12.5 Å². The number of nitrogens with two attached hydrogens (primary N) is 2. The maximum absolute atomic E-state index is 15.2. The van der Waals surface area contributed by atoms with E-state index in [1.54, 1.807) is 0 Å². The number of hydrogen-bond acceptors (Lipinski definition) is 16. The molecule has 2 saturated heterocycles. The van der Waals surface area contributed by atoms with Crippen LogP contribution in [0.2, 0.25) is 0 Å². The van der Waals surface area contributed by atoms with Gasteiger partial charge in [0.1, 0.15) is 30.7 Å². The minimum Gasteiger partial charge on any atom is -0.394 e. The number of nitrogens with zero attached hydrogens (tertiary/aromatic N) is 8. The molecule has 20 nitrogen and oxygen atoms in total. The first-order valence-corrected chi connectivity index (χ1v) is 13.6. The van der Waals surface area contributed by atoms with Crippen molar-refractivity contribution < 1.29 is 47.0 Å². The van der Waals surface area contributed by atoms with Crippen LogP contribution in [0.15, 0.2) is 17.4 Å². The van der Waals surface area contributed by atoms with Crippen molar-refractivity contribution >= 4 is 41.9 Å². The highest BCUT2D eigenvalue weighted by atomic mass is 31.2.